The monoisotopic (exact) mass is 337 g/mol. The highest BCUT2D eigenvalue weighted by Crippen LogP contribution is 2.28. The van der Waals surface area contributed by atoms with Crippen molar-refractivity contribution >= 4 is 21.7 Å². The predicted octanol–water partition coefficient (Wildman–Crippen LogP) is 4.60. The zero-order chi connectivity index (χ0) is 14.7. The number of nitrogens with zero attached hydrogens (tertiary/aromatic N) is 2. The van der Waals surface area contributed by atoms with E-state index in [2.05, 4.69) is 31.2 Å². The van der Waals surface area contributed by atoms with Gasteiger partial charge in [0.15, 0.2) is 0 Å². The molecule has 1 N–H and O–H groups in total. The molecular formula is C15H17BrFN3. The van der Waals surface area contributed by atoms with Gasteiger partial charge in [0.25, 0.3) is 0 Å². The highest BCUT2D eigenvalue weighted by Gasteiger charge is 2.13. The summed E-state index contributed by atoms with van der Waals surface area (Å²) in [6, 6.07) is 6.98. The van der Waals surface area contributed by atoms with Gasteiger partial charge in [-0.05, 0) is 35.0 Å². The highest BCUT2D eigenvalue weighted by atomic mass is 79.9. The van der Waals surface area contributed by atoms with Crippen molar-refractivity contribution in [1.29, 1.82) is 0 Å². The van der Waals surface area contributed by atoms with Crippen molar-refractivity contribution in [2.45, 2.75) is 26.7 Å². The van der Waals surface area contributed by atoms with Crippen LogP contribution in [-0.4, -0.2) is 16.5 Å². The number of benzene rings is 1. The van der Waals surface area contributed by atoms with E-state index in [4.69, 9.17) is 0 Å². The van der Waals surface area contributed by atoms with Gasteiger partial charge in [0.1, 0.15) is 17.5 Å². The lowest BCUT2D eigenvalue weighted by molar-refractivity contribution is 0.623. The summed E-state index contributed by atoms with van der Waals surface area (Å²) in [5.41, 5.74) is 1.07. The lowest BCUT2D eigenvalue weighted by atomic mass is 10.1. The maximum atomic E-state index is 14.2. The number of aromatic nitrogens is 2. The number of halogens is 2. The van der Waals surface area contributed by atoms with Gasteiger partial charge in [-0.1, -0.05) is 19.9 Å². The number of hydrogen-bond donors (Lipinski definition) is 1. The molecule has 0 radical (unpaired) electrons. The summed E-state index contributed by atoms with van der Waals surface area (Å²) in [6.07, 6.45) is 0. The fraction of sp³-hybridized carbons (Fsp3) is 0.333. The molecule has 0 atom stereocenters. The third kappa shape index (κ3) is 3.15. The van der Waals surface area contributed by atoms with Crippen molar-refractivity contribution in [2.75, 3.05) is 11.9 Å². The van der Waals surface area contributed by atoms with Gasteiger partial charge in [0.05, 0.1) is 10.2 Å². The lowest BCUT2D eigenvalue weighted by Gasteiger charge is -2.11. The molecule has 0 amide bonds. The molecule has 2 rings (SSSR count). The van der Waals surface area contributed by atoms with Crippen LogP contribution in [0, 0.1) is 5.82 Å². The summed E-state index contributed by atoms with van der Waals surface area (Å²) in [6.45, 7) is 6.80. The van der Waals surface area contributed by atoms with E-state index in [0.29, 0.717) is 21.6 Å². The quantitative estimate of drug-likeness (QED) is 0.885. The molecule has 5 heteroatoms. The number of rotatable bonds is 4. The summed E-state index contributed by atoms with van der Waals surface area (Å²) in [7, 11) is 0. The Morgan fingerprint density at radius 1 is 1.30 bits per heavy atom. The van der Waals surface area contributed by atoms with Gasteiger partial charge in [-0.3, -0.25) is 0 Å². The molecule has 0 fully saturated rings. The summed E-state index contributed by atoms with van der Waals surface area (Å²) in [5.74, 6) is 1.31. The van der Waals surface area contributed by atoms with E-state index >= 15 is 0 Å². The summed E-state index contributed by atoms with van der Waals surface area (Å²) in [4.78, 5) is 8.92. The largest absolute Gasteiger partial charge is 0.370 e. The first-order valence-corrected chi connectivity index (χ1v) is 7.39. The van der Waals surface area contributed by atoms with Gasteiger partial charge in [-0.2, -0.15) is 0 Å². The van der Waals surface area contributed by atoms with E-state index in [-0.39, 0.29) is 11.7 Å². The van der Waals surface area contributed by atoms with Crippen LogP contribution in [-0.2, 0) is 0 Å². The minimum atomic E-state index is -0.302. The summed E-state index contributed by atoms with van der Waals surface area (Å²) in [5, 5.41) is 3.16. The Kier molecular flexibility index (Phi) is 4.70. The van der Waals surface area contributed by atoms with Crippen LogP contribution in [0.5, 0.6) is 0 Å². The van der Waals surface area contributed by atoms with Crippen molar-refractivity contribution in [3.63, 3.8) is 0 Å². The Labute approximate surface area is 126 Å². The number of nitrogens with one attached hydrogen (secondary N) is 1. The van der Waals surface area contributed by atoms with Gasteiger partial charge < -0.3 is 5.32 Å². The fourth-order valence-electron chi connectivity index (χ4n) is 1.84. The Morgan fingerprint density at radius 2 is 2.05 bits per heavy atom. The Morgan fingerprint density at radius 3 is 2.70 bits per heavy atom. The summed E-state index contributed by atoms with van der Waals surface area (Å²) < 4.78 is 14.6. The van der Waals surface area contributed by atoms with Crippen molar-refractivity contribution in [2.24, 2.45) is 0 Å². The van der Waals surface area contributed by atoms with Crippen molar-refractivity contribution in [3.05, 3.63) is 40.4 Å². The van der Waals surface area contributed by atoms with Crippen LogP contribution >= 0.6 is 15.9 Å². The molecule has 0 aliphatic rings. The first kappa shape index (κ1) is 14.9. The molecule has 0 aliphatic heterocycles. The normalized spacial score (nSPS) is 10.9. The molecule has 0 spiro atoms. The lowest BCUT2D eigenvalue weighted by Crippen LogP contribution is -2.06. The smallest absolute Gasteiger partial charge is 0.146 e. The Bertz CT molecular complexity index is 614. The Hall–Kier alpha value is -1.49. The highest BCUT2D eigenvalue weighted by molar-refractivity contribution is 9.10. The zero-order valence-corrected chi connectivity index (χ0v) is 13.3. The number of hydrogen-bond acceptors (Lipinski definition) is 3. The molecule has 0 aliphatic carbocycles. The van der Waals surface area contributed by atoms with Crippen LogP contribution in [0.4, 0.5) is 10.2 Å². The minimum Gasteiger partial charge on any atom is -0.370 e. The first-order valence-electron chi connectivity index (χ1n) is 6.60. The maximum Gasteiger partial charge on any atom is 0.146 e. The van der Waals surface area contributed by atoms with E-state index in [1.807, 2.05) is 20.8 Å². The Balaban J connectivity index is 2.57. The van der Waals surface area contributed by atoms with Gasteiger partial charge in [-0.25, -0.2) is 14.4 Å². The van der Waals surface area contributed by atoms with Crippen molar-refractivity contribution in [1.82, 2.24) is 9.97 Å². The predicted molar refractivity (Wildman–Crippen MR) is 83.4 cm³/mol. The van der Waals surface area contributed by atoms with Gasteiger partial charge in [-0.15, -0.1) is 0 Å². The average Bonchev–Trinajstić information content (AvgIpc) is 2.42. The minimum absolute atomic E-state index is 0.183. The molecule has 2 aromatic rings. The third-order valence-corrected chi connectivity index (χ3v) is 3.46. The molecule has 0 unspecified atom stereocenters. The molecule has 3 nitrogen and oxygen atoms in total. The molecule has 1 aromatic carbocycles. The SMILES string of the molecule is CCNc1cc(-c2cccc(Br)c2F)nc(C(C)C)n1. The van der Waals surface area contributed by atoms with E-state index in [1.54, 1.807) is 24.3 Å². The van der Waals surface area contributed by atoms with E-state index < -0.39 is 0 Å². The second kappa shape index (κ2) is 6.31. The molecule has 0 bridgehead atoms. The van der Waals surface area contributed by atoms with Gasteiger partial charge in [0.2, 0.25) is 0 Å². The van der Waals surface area contributed by atoms with Gasteiger partial charge >= 0.3 is 0 Å². The van der Waals surface area contributed by atoms with Crippen LogP contribution in [0.2, 0.25) is 0 Å². The standard InChI is InChI=1S/C15H17BrFN3/c1-4-18-13-8-12(19-15(20-13)9(2)3)10-6-5-7-11(16)14(10)17/h5-9H,4H2,1-3H3,(H,18,19,20). The van der Waals surface area contributed by atoms with E-state index in [9.17, 15) is 4.39 Å². The van der Waals surface area contributed by atoms with Crippen LogP contribution in [0.25, 0.3) is 11.3 Å². The van der Waals surface area contributed by atoms with Crippen molar-refractivity contribution < 1.29 is 4.39 Å². The third-order valence-electron chi connectivity index (χ3n) is 2.85. The van der Waals surface area contributed by atoms with Crippen LogP contribution < -0.4 is 5.32 Å². The molecule has 106 valence electrons. The second-order valence-corrected chi connectivity index (χ2v) is 5.64. The second-order valence-electron chi connectivity index (χ2n) is 4.78. The molecule has 0 saturated heterocycles. The topological polar surface area (TPSA) is 37.8 Å². The van der Waals surface area contributed by atoms with E-state index in [1.165, 1.54) is 0 Å². The maximum absolute atomic E-state index is 14.2. The van der Waals surface area contributed by atoms with E-state index in [0.717, 1.165) is 12.4 Å². The molecular weight excluding hydrogens is 321 g/mol. The summed E-state index contributed by atoms with van der Waals surface area (Å²) >= 11 is 3.21. The molecule has 20 heavy (non-hydrogen) atoms. The first-order chi connectivity index (χ1) is 9.52. The van der Waals surface area contributed by atoms with Gasteiger partial charge in [0, 0.05) is 24.1 Å². The number of anilines is 1. The zero-order valence-electron chi connectivity index (χ0n) is 11.7. The van der Waals surface area contributed by atoms with Crippen molar-refractivity contribution in [3.8, 4) is 11.3 Å². The molecule has 0 saturated carbocycles. The van der Waals surface area contributed by atoms with Crippen LogP contribution in [0.3, 0.4) is 0 Å². The van der Waals surface area contributed by atoms with Crippen LogP contribution in [0.15, 0.2) is 28.7 Å². The fourth-order valence-corrected chi connectivity index (χ4v) is 2.20. The molecule has 1 aromatic heterocycles. The average molecular weight is 338 g/mol. The molecule has 1 heterocycles. The van der Waals surface area contributed by atoms with Crippen LogP contribution in [0.1, 0.15) is 32.5 Å².